The number of hydrogen-bond acceptors (Lipinski definition) is 13. The van der Waals surface area contributed by atoms with Crippen LogP contribution in [0.25, 0.3) is 0 Å². The van der Waals surface area contributed by atoms with E-state index in [2.05, 4.69) is 32.1 Å². The Morgan fingerprint density at radius 3 is 2.27 bits per heavy atom. The van der Waals surface area contributed by atoms with Crippen LogP contribution < -0.4 is 8.85 Å². The zero-order valence-corrected chi connectivity index (χ0v) is 21.5. The first kappa shape index (κ1) is 28.7. The van der Waals surface area contributed by atoms with Gasteiger partial charge in [0.15, 0.2) is 6.23 Å². The highest BCUT2D eigenvalue weighted by molar-refractivity contribution is 14.2. The number of nitrogens with zero attached hydrogens (tertiary/aromatic N) is 3. The summed E-state index contributed by atoms with van der Waals surface area (Å²) >= 11 is -2.54. The SMILES string of the molecule is C=I(=C)N(c1ncnc(N)c1C)C1OC(COP(=O)(O)OP(=O)(O)OP(=O)(O)O)C(O)C1O. The lowest BCUT2D eigenvalue weighted by Crippen LogP contribution is -2.41. The van der Waals surface area contributed by atoms with Crippen molar-refractivity contribution in [1.82, 2.24) is 9.97 Å². The topological polar surface area (TPSA) is 265 Å². The number of halogens is 1. The van der Waals surface area contributed by atoms with Gasteiger partial charge in [0.1, 0.15) is 36.3 Å². The third-order valence-corrected chi connectivity index (χ3v) is 10.2. The summed E-state index contributed by atoms with van der Waals surface area (Å²) in [6.45, 7) is 0.640. The van der Waals surface area contributed by atoms with E-state index in [0.717, 1.165) is 6.33 Å². The fraction of sp³-hybridized carbons (Fsp3) is 0.500. The van der Waals surface area contributed by atoms with E-state index in [4.69, 9.17) is 20.3 Å². The summed E-state index contributed by atoms with van der Waals surface area (Å²) in [5.41, 5.74) is 6.21. The molecule has 1 aromatic rings. The molecule has 21 heteroatoms. The number of phosphoric ester groups is 1. The monoisotopic (exact) mass is 650 g/mol. The number of hydrogen-bond donors (Lipinski definition) is 7. The van der Waals surface area contributed by atoms with Crippen molar-refractivity contribution < 1.29 is 61.4 Å². The standard InChI is InChI=1S/C12H22IN4O13P3/c1-6-10(14)15-5-16-11(6)17(13(2)3)12-9(19)8(18)7(28-12)4-27-32(23,24)30-33(25,26)29-31(20,21)22/h5,7-9,12,18-19H,2-4H2,1H3,(H,23,24)(H,25,26)(H2,14,15,16)(H2,20,21,22). The quantitative estimate of drug-likeness (QED) is 0.0933. The molecule has 2 heterocycles. The molecule has 190 valence electrons. The molecule has 1 fully saturated rings. The van der Waals surface area contributed by atoms with Gasteiger partial charge in [0.2, 0.25) is 0 Å². The van der Waals surface area contributed by atoms with E-state index in [9.17, 15) is 33.7 Å². The molecule has 0 amide bonds. The predicted octanol–water partition coefficient (Wildman–Crippen LogP) is -0.751. The summed E-state index contributed by atoms with van der Waals surface area (Å²) in [6.07, 6.45) is -4.86. The third-order valence-electron chi connectivity index (χ3n) is 3.93. The van der Waals surface area contributed by atoms with Gasteiger partial charge in [0.05, 0.1) is 6.61 Å². The Labute approximate surface area is 193 Å². The molecule has 0 aromatic carbocycles. The van der Waals surface area contributed by atoms with Crippen molar-refractivity contribution in [2.24, 2.45) is 0 Å². The highest BCUT2D eigenvalue weighted by Gasteiger charge is 2.48. The highest BCUT2D eigenvalue weighted by Crippen LogP contribution is 2.66. The fourth-order valence-electron chi connectivity index (χ4n) is 2.56. The van der Waals surface area contributed by atoms with Crippen LogP contribution in [0, 0.1) is 6.92 Å². The summed E-state index contributed by atoms with van der Waals surface area (Å²) in [7, 11) is -16.7. The van der Waals surface area contributed by atoms with Crippen LogP contribution in [-0.4, -0.2) is 79.9 Å². The van der Waals surface area contributed by atoms with Gasteiger partial charge in [-0.1, -0.05) is 28.2 Å². The van der Waals surface area contributed by atoms with Crippen LogP contribution in [0.1, 0.15) is 5.56 Å². The molecule has 6 atom stereocenters. The first-order chi connectivity index (χ1) is 14.9. The van der Waals surface area contributed by atoms with Crippen LogP contribution in [-0.2, 0) is 31.6 Å². The number of aliphatic hydroxyl groups is 2. The largest absolute Gasteiger partial charge is 0.490 e. The number of aromatic nitrogens is 2. The first-order valence-electron chi connectivity index (χ1n) is 8.38. The van der Waals surface area contributed by atoms with Gasteiger partial charge in [-0.2, -0.15) is 8.62 Å². The number of rotatable bonds is 10. The highest BCUT2D eigenvalue weighted by atomic mass is 127. The van der Waals surface area contributed by atoms with Gasteiger partial charge in [-0.05, 0) is 6.92 Å². The molecular weight excluding hydrogens is 628 g/mol. The maximum absolute atomic E-state index is 11.9. The van der Waals surface area contributed by atoms with Gasteiger partial charge in [-0.3, -0.25) is 7.64 Å². The Morgan fingerprint density at radius 1 is 1.12 bits per heavy atom. The number of anilines is 2. The summed E-state index contributed by atoms with van der Waals surface area (Å²) in [5.74, 6) is 0.377. The molecule has 0 saturated carbocycles. The van der Waals surface area contributed by atoms with E-state index in [1.165, 1.54) is 3.11 Å². The molecule has 1 aliphatic heterocycles. The maximum atomic E-state index is 11.9. The van der Waals surface area contributed by atoms with Crippen molar-refractivity contribution >= 4 is 63.3 Å². The van der Waals surface area contributed by atoms with Crippen molar-refractivity contribution in [3.63, 3.8) is 0 Å². The molecule has 1 aromatic heterocycles. The minimum atomic E-state index is -5.71. The smallest absolute Gasteiger partial charge is 0.387 e. The second-order valence-corrected chi connectivity index (χ2v) is 14.3. The van der Waals surface area contributed by atoms with Crippen LogP contribution in [0.15, 0.2) is 6.33 Å². The van der Waals surface area contributed by atoms with Crippen molar-refractivity contribution in [3.05, 3.63) is 11.9 Å². The van der Waals surface area contributed by atoms with Crippen LogP contribution >= 0.6 is 42.6 Å². The molecule has 17 nitrogen and oxygen atoms in total. The molecule has 0 aliphatic carbocycles. The van der Waals surface area contributed by atoms with Crippen LogP contribution in [0.2, 0.25) is 0 Å². The lowest BCUT2D eigenvalue weighted by Gasteiger charge is -2.30. The fourth-order valence-corrected chi connectivity index (χ4v) is 7.96. The van der Waals surface area contributed by atoms with E-state index >= 15 is 0 Å². The minimum absolute atomic E-state index is 0.139. The molecule has 1 saturated heterocycles. The molecule has 6 unspecified atom stereocenters. The molecular formula is C12H22IN4O13P3. The zero-order chi connectivity index (χ0) is 25.4. The van der Waals surface area contributed by atoms with Crippen molar-refractivity contribution in [2.75, 3.05) is 15.5 Å². The van der Waals surface area contributed by atoms with Gasteiger partial charge in [0.25, 0.3) is 0 Å². The van der Waals surface area contributed by atoms with Crippen molar-refractivity contribution in [3.8, 4) is 0 Å². The van der Waals surface area contributed by atoms with Gasteiger partial charge >= 0.3 is 23.5 Å². The molecule has 0 radical (unpaired) electrons. The number of nitrogens with two attached hydrogens (primary N) is 1. The van der Waals surface area contributed by atoms with Crippen molar-refractivity contribution in [2.45, 2.75) is 31.5 Å². The number of nitrogen functional groups attached to an aromatic ring is 1. The molecule has 0 spiro atoms. The van der Waals surface area contributed by atoms with E-state index in [1.807, 2.05) is 0 Å². The number of ether oxygens (including phenoxy) is 1. The first-order valence-corrected chi connectivity index (χ1v) is 16.9. The second-order valence-electron chi connectivity index (χ2n) is 6.38. The van der Waals surface area contributed by atoms with E-state index < -0.39 is 73.8 Å². The van der Waals surface area contributed by atoms with Gasteiger partial charge < -0.3 is 40.3 Å². The number of phosphoric acid groups is 3. The summed E-state index contributed by atoms with van der Waals surface area (Å²) in [6, 6.07) is 0. The van der Waals surface area contributed by atoms with Gasteiger partial charge in [-0.15, -0.1) is 0 Å². The Bertz CT molecular complexity index is 1090. The predicted molar refractivity (Wildman–Crippen MR) is 122 cm³/mol. The summed E-state index contributed by atoms with van der Waals surface area (Å²) in [5, 5.41) is 20.8. The van der Waals surface area contributed by atoms with Crippen LogP contribution in [0.5, 0.6) is 0 Å². The molecule has 0 bridgehead atoms. The van der Waals surface area contributed by atoms with Crippen LogP contribution in [0.4, 0.5) is 11.6 Å². The average molecular weight is 650 g/mol. The molecule has 2 rings (SSSR count). The van der Waals surface area contributed by atoms with E-state index in [-0.39, 0.29) is 11.6 Å². The van der Waals surface area contributed by atoms with E-state index in [0.29, 0.717) is 5.56 Å². The maximum Gasteiger partial charge on any atom is 0.490 e. The van der Waals surface area contributed by atoms with Crippen molar-refractivity contribution in [1.29, 1.82) is 0 Å². The second kappa shape index (κ2) is 10.6. The van der Waals surface area contributed by atoms with Gasteiger partial charge in [0, 0.05) is 5.56 Å². The summed E-state index contributed by atoms with van der Waals surface area (Å²) in [4.78, 5) is 43.7. The zero-order valence-electron chi connectivity index (χ0n) is 16.7. The Balaban J connectivity index is 2.16. The molecule has 8 N–H and O–H groups in total. The molecule has 1 aliphatic rings. The summed E-state index contributed by atoms with van der Waals surface area (Å²) < 4.78 is 60.4. The Morgan fingerprint density at radius 2 is 1.73 bits per heavy atom. The van der Waals surface area contributed by atoms with Gasteiger partial charge in [-0.25, -0.2) is 23.7 Å². The third kappa shape index (κ3) is 7.71. The van der Waals surface area contributed by atoms with Crippen LogP contribution in [0.3, 0.4) is 0 Å². The lowest BCUT2D eigenvalue weighted by molar-refractivity contribution is -0.0172. The molecule has 33 heavy (non-hydrogen) atoms. The normalized spacial score (nSPS) is 27.3. The Hall–Kier alpha value is -0.560. The average Bonchev–Trinajstić information content (AvgIpc) is 2.89. The lowest BCUT2D eigenvalue weighted by atomic mass is 10.1. The Kier molecular flexibility index (Phi) is 9.21. The number of aliphatic hydroxyl groups excluding tert-OH is 2. The van der Waals surface area contributed by atoms with E-state index in [1.54, 1.807) is 6.92 Å². The minimum Gasteiger partial charge on any atom is -0.387 e.